The second-order valence-electron chi connectivity index (χ2n) is 11.9. The summed E-state index contributed by atoms with van der Waals surface area (Å²) < 4.78 is 17.7. The van der Waals surface area contributed by atoms with E-state index in [1.54, 1.807) is 11.3 Å². The van der Waals surface area contributed by atoms with Gasteiger partial charge in [0.05, 0.1) is 19.3 Å². The number of thiophene rings is 1. The van der Waals surface area contributed by atoms with Crippen molar-refractivity contribution in [2.45, 2.75) is 71.6 Å². The van der Waals surface area contributed by atoms with Crippen LogP contribution in [0, 0.1) is 6.92 Å². The molecular formula is C38H45NO5S. The molecule has 5 rings (SSSR count). The third-order valence-electron chi connectivity index (χ3n) is 8.51. The zero-order valence-corrected chi connectivity index (χ0v) is 27.7. The molecule has 1 aromatic heterocycles. The molecule has 0 N–H and O–H groups in total. The minimum atomic E-state index is -0.346. The summed E-state index contributed by atoms with van der Waals surface area (Å²) in [7, 11) is 1.40. The Hall–Kier alpha value is -3.68. The monoisotopic (exact) mass is 627 g/mol. The molecule has 1 aliphatic rings. The SMILES string of the molecule is CCCCCC(=O)Oc1ccc(-c2sc3cc(C(=O)OC)ccc3c2Cc2ccc(OCCCN3CCCCC3)cc2)c(C)c1. The second-order valence-corrected chi connectivity index (χ2v) is 13.0. The lowest BCUT2D eigenvalue weighted by Crippen LogP contribution is -2.31. The van der Waals surface area contributed by atoms with Gasteiger partial charge in [-0.25, -0.2) is 4.79 Å². The fraction of sp³-hybridized carbons (Fsp3) is 0.421. The van der Waals surface area contributed by atoms with Crippen LogP contribution in [-0.4, -0.2) is 50.2 Å². The van der Waals surface area contributed by atoms with Gasteiger partial charge >= 0.3 is 11.9 Å². The number of hydrogen-bond acceptors (Lipinski definition) is 7. The molecule has 3 aromatic carbocycles. The third kappa shape index (κ3) is 8.74. The predicted octanol–water partition coefficient (Wildman–Crippen LogP) is 8.99. The van der Waals surface area contributed by atoms with Crippen LogP contribution in [0.25, 0.3) is 20.5 Å². The van der Waals surface area contributed by atoms with Crippen LogP contribution in [0.4, 0.5) is 0 Å². The van der Waals surface area contributed by atoms with Crippen LogP contribution < -0.4 is 9.47 Å². The van der Waals surface area contributed by atoms with Crippen LogP contribution in [0.5, 0.6) is 11.5 Å². The lowest BCUT2D eigenvalue weighted by molar-refractivity contribution is -0.134. The van der Waals surface area contributed by atoms with E-state index >= 15 is 0 Å². The molecule has 4 aromatic rings. The van der Waals surface area contributed by atoms with Crippen LogP contribution in [0.2, 0.25) is 0 Å². The number of carbonyl (C=O) groups excluding carboxylic acids is 2. The predicted molar refractivity (Wildman–Crippen MR) is 183 cm³/mol. The van der Waals surface area contributed by atoms with Gasteiger partial charge in [0.1, 0.15) is 11.5 Å². The lowest BCUT2D eigenvalue weighted by Gasteiger charge is -2.26. The molecule has 0 atom stereocenters. The smallest absolute Gasteiger partial charge is 0.337 e. The van der Waals surface area contributed by atoms with E-state index in [-0.39, 0.29) is 11.9 Å². The number of aryl methyl sites for hydroxylation is 1. The van der Waals surface area contributed by atoms with Crippen LogP contribution in [0.3, 0.4) is 0 Å². The summed E-state index contributed by atoms with van der Waals surface area (Å²) in [5.41, 5.74) is 5.04. The Bertz CT molecular complexity index is 1590. The summed E-state index contributed by atoms with van der Waals surface area (Å²) in [6.07, 6.45) is 9.12. The number of nitrogens with zero attached hydrogens (tertiary/aromatic N) is 1. The first-order chi connectivity index (χ1) is 21.9. The Labute approximate surface area is 271 Å². The zero-order valence-electron chi connectivity index (χ0n) is 26.9. The highest BCUT2D eigenvalue weighted by molar-refractivity contribution is 7.22. The molecule has 45 heavy (non-hydrogen) atoms. The maximum atomic E-state index is 12.3. The van der Waals surface area contributed by atoms with Crippen molar-refractivity contribution in [3.8, 4) is 21.9 Å². The fourth-order valence-corrected chi connectivity index (χ4v) is 7.36. The van der Waals surface area contributed by atoms with E-state index in [1.165, 1.54) is 50.6 Å². The van der Waals surface area contributed by atoms with Gasteiger partial charge in [-0.05, 0) is 122 Å². The summed E-state index contributed by atoms with van der Waals surface area (Å²) in [4.78, 5) is 28.3. The van der Waals surface area contributed by atoms with Gasteiger partial charge in [-0.2, -0.15) is 0 Å². The number of rotatable bonds is 14. The number of piperidine rings is 1. The number of hydrogen-bond donors (Lipinski definition) is 0. The Morgan fingerprint density at radius 2 is 1.67 bits per heavy atom. The Balaban J connectivity index is 1.34. The fourth-order valence-electron chi connectivity index (χ4n) is 6.01. The van der Waals surface area contributed by atoms with E-state index in [0.29, 0.717) is 17.7 Å². The van der Waals surface area contributed by atoms with E-state index in [9.17, 15) is 9.59 Å². The summed E-state index contributed by atoms with van der Waals surface area (Å²) in [5, 5.41) is 1.12. The molecule has 0 saturated carbocycles. The standard InChI is InChI=1S/C38H45NO5S/c1-4-5-7-11-36(40)44-31-17-19-32(27(2)24-31)37-34(33-18-14-29(38(41)42-3)26-35(33)45-37)25-28-12-15-30(16-13-28)43-23-10-22-39-20-8-6-9-21-39/h12-19,24,26H,4-11,20-23,25H2,1-3H3. The number of ether oxygens (including phenoxy) is 3. The van der Waals surface area contributed by atoms with Crippen LogP contribution in [0.15, 0.2) is 60.7 Å². The Morgan fingerprint density at radius 3 is 2.40 bits per heavy atom. The van der Waals surface area contributed by atoms with Gasteiger partial charge in [-0.1, -0.05) is 44.4 Å². The van der Waals surface area contributed by atoms with Crippen molar-refractivity contribution in [3.63, 3.8) is 0 Å². The average Bonchev–Trinajstić information content (AvgIpc) is 3.41. The number of benzene rings is 3. The van der Waals surface area contributed by atoms with Crippen molar-refractivity contribution >= 4 is 33.4 Å². The first-order valence-corrected chi connectivity index (χ1v) is 17.2. The van der Waals surface area contributed by atoms with Gasteiger partial charge in [-0.15, -0.1) is 11.3 Å². The molecule has 0 amide bonds. The lowest BCUT2D eigenvalue weighted by atomic mass is 9.96. The molecule has 0 radical (unpaired) electrons. The highest BCUT2D eigenvalue weighted by Crippen LogP contribution is 2.42. The molecule has 0 unspecified atom stereocenters. The van der Waals surface area contributed by atoms with Gasteiger partial charge in [0.15, 0.2) is 0 Å². The van der Waals surface area contributed by atoms with Crippen LogP contribution >= 0.6 is 11.3 Å². The van der Waals surface area contributed by atoms with E-state index in [0.717, 1.165) is 77.1 Å². The summed E-state index contributed by atoms with van der Waals surface area (Å²) in [5.74, 6) is 0.926. The van der Waals surface area contributed by atoms with E-state index in [4.69, 9.17) is 14.2 Å². The van der Waals surface area contributed by atoms with Gasteiger partial charge < -0.3 is 19.1 Å². The van der Waals surface area contributed by atoms with Crippen molar-refractivity contribution in [3.05, 3.63) is 82.9 Å². The van der Waals surface area contributed by atoms with Crippen molar-refractivity contribution in [2.24, 2.45) is 0 Å². The minimum Gasteiger partial charge on any atom is -0.494 e. The topological polar surface area (TPSA) is 65.1 Å². The van der Waals surface area contributed by atoms with Gasteiger partial charge in [0, 0.05) is 22.5 Å². The second kappa shape index (κ2) is 16.1. The van der Waals surface area contributed by atoms with E-state index in [2.05, 4.69) is 43.0 Å². The molecule has 2 heterocycles. The van der Waals surface area contributed by atoms with Crippen molar-refractivity contribution < 1.29 is 23.8 Å². The highest BCUT2D eigenvalue weighted by atomic mass is 32.1. The number of methoxy groups -OCH3 is 1. The third-order valence-corrected chi connectivity index (χ3v) is 9.74. The largest absolute Gasteiger partial charge is 0.494 e. The van der Waals surface area contributed by atoms with Crippen molar-refractivity contribution in [2.75, 3.05) is 33.4 Å². The first-order valence-electron chi connectivity index (χ1n) is 16.3. The quantitative estimate of drug-likeness (QED) is 0.0790. The molecule has 0 aliphatic carbocycles. The van der Waals surface area contributed by atoms with Crippen LogP contribution in [-0.2, 0) is 16.0 Å². The highest BCUT2D eigenvalue weighted by Gasteiger charge is 2.19. The summed E-state index contributed by atoms with van der Waals surface area (Å²) >= 11 is 1.67. The normalized spacial score (nSPS) is 13.6. The Kier molecular flexibility index (Phi) is 11.7. The van der Waals surface area contributed by atoms with Gasteiger partial charge in [0.2, 0.25) is 0 Å². The molecule has 1 fully saturated rings. The van der Waals surface area contributed by atoms with E-state index in [1.807, 2.05) is 36.4 Å². The maximum absolute atomic E-state index is 12.3. The molecular weight excluding hydrogens is 582 g/mol. The number of likely N-dealkylation sites (tertiary alicyclic amines) is 1. The zero-order chi connectivity index (χ0) is 31.6. The molecule has 0 spiro atoms. The Morgan fingerprint density at radius 1 is 0.889 bits per heavy atom. The maximum Gasteiger partial charge on any atom is 0.337 e. The number of esters is 2. The van der Waals surface area contributed by atoms with Gasteiger partial charge in [0.25, 0.3) is 0 Å². The van der Waals surface area contributed by atoms with Crippen molar-refractivity contribution in [1.29, 1.82) is 0 Å². The number of unbranched alkanes of at least 4 members (excludes halogenated alkanes) is 2. The average molecular weight is 628 g/mol. The minimum absolute atomic E-state index is 0.192. The molecule has 1 saturated heterocycles. The molecule has 6 nitrogen and oxygen atoms in total. The molecule has 1 aliphatic heterocycles. The van der Waals surface area contributed by atoms with Crippen LogP contribution in [0.1, 0.15) is 85.3 Å². The number of carbonyl (C=O) groups is 2. The molecule has 0 bridgehead atoms. The molecule has 7 heteroatoms. The van der Waals surface area contributed by atoms with Crippen molar-refractivity contribution in [1.82, 2.24) is 4.90 Å². The molecule has 238 valence electrons. The summed E-state index contributed by atoms with van der Waals surface area (Å²) in [6.45, 7) is 8.43. The van der Waals surface area contributed by atoms with E-state index < -0.39 is 0 Å². The summed E-state index contributed by atoms with van der Waals surface area (Å²) in [6, 6.07) is 20.1. The first kappa shape index (κ1) is 32.7. The number of fused-ring (bicyclic) bond motifs is 1. The van der Waals surface area contributed by atoms with Gasteiger partial charge in [-0.3, -0.25) is 4.79 Å².